The Morgan fingerprint density at radius 1 is 0.667 bits per heavy atom. The van der Waals surface area contributed by atoms with Crippen molar-refractivity contribution in [3.8, 4) is 11.5 Å². The van der Waals surface area contributed by atoms with E-state index in [0.29, 0.717) is 24.3 Å². The highest BCUT2D eigenvalue weighted by molar-refractivity contribution is 5.93. The molecule has 0 heterocycles. The number of ether oxygens (including phenoxy) is 3. The molecule has 6 heteroatoms. The topological polar surface area (TPSA) is 78.9 Å². The van der Waals surface area contributed by atoms with Gasteiger partial charge in [0, 0.05) is 6.42 Å². The molecule has 196 valence electrons. The van der Waals surface area contributed by atoms with Crippen LogP contribution in [0.4, 0.5) is 0 Å². The lowest BCUT2D eigenvalue weighted by atomic mass is 10.1. The third kappa shape index (κ3) is 10.6. The molecule has 0 fully saturated rings. The van der Waals surface area contributed by atoms with Crippen molar-refractivity contribution in [1.82, 2.24) is 0 Å². The number of Topliss-reactive ketones (excluding diaryl/α,β-unsaturated/α-hetero) is 1. The van der Waals surface area contributed by atoms with E-state index in [-0.39, 0.29) is 11.3 Å². The van der Waals surface area contributed by atoms with Crippen LogP contribution < -0.4 is 9.47 Å². The maximum Gasteiger partial charge on any atom is 0.343 e. The number of ketones is 1. The molecule has 0 saturated carbocycles. The Morgan fingerprint density at radius 2 is 1.19 bits per heavy atom. The first-order valence-corrected chi connectivity index (χ1v) is 13.2. The van der Waals surface area contributed by atoms with Crippen LogP contribution in [0.25, 0.3) is 0 Å². The van der Waals surface area contributed by atoms with Gasteiger partial charge in [0.05, 0.1) is 17.7 Å². The molecule has 0 aliphatic heterocycles. The molecule has 2 aromatic rings. The van der Waals surface area contributed by atoms with Gasteiger partial charge in [-0.25, -0.2) is 9.59 Å². The number of rotatable bonds is 17. The SMILES string of the molecule is CCCCCCCOc1ccc(C(=O)Oc2ccc(C(=O)OC(C)C(=O)CCCCCC)cc2)cc1. The molecule has 36 heavy (non-hydrogen) atoms. The molecule has 0 radical (unpaired) electrons. The third-order valence-corrected chi connectivity index (χ3v) is 5.92. The van der Waals surface area contributed by atoms with Gasteiger partial charge in [-0.05, 0) is 68.3 Å². The molecule has 1 atom stereocenters. The predicted octanol–water partition coefficient (Wildman–Crippen LogP) is 7.34. The molecule has 2 aromatic carbocycles. The van der Waals surface area contributed by atoms with Gasteiger partial charge in [-0.3, -0.25) is 4.79 Å². The summed E-state index contributed by atoms with van der Waals surface area (Å²) in [5.41, 5.74) is 0.691. The highest BCUT2D eigenvalue weighted by Gasteiger charge is 2.19. The van der Waals surface area contributed by atoms with Gasteiger partial charge >= 0.3 is 11.9 Å². The zero-order valence-corrected chi connectivity index (χ0v) is 21.9. The summed E-state index contributed by atoms with van der Waals surface area (Å²) in [6.07, 6.45) is 9.50. The lowest BCUT2D eigenvalue weighted by molar-refractivity contribution is -0.127. The van der Waals surface area contributed by atoms with Crippen molar-refractivity contribution in [3.63, 3.8) is 0 Å². The normalized spacial score (nSPS) is 11.5. The largest absolute Gasteiger partial charge is 0.494 e. The Labute approximate surface area is 215 Å². The average molecular weight is 497 g/mol. The summed E-state index contributed by atoms with van der Waals surface area (Å²) in [7, 11) is 0. The second kappa shape index (κ2) is 16.5. The number of hydrogen-bond donors (Lipinski definition) is 0. The van der Waals surface area contributed by atoms with Crippen molar-refractivity contribution in [2.75, 3.05) is 6.61 Å². The van der Waals surface area contributed by atoms with Crippen LogP contribution in [-0.4, -0.2) is 30.4 Å². The average Bonchev–Trinajstić information content (AvgIpc) is 2.89. The van der Waals surface area contributed by atoms with E-state index in [1.807, 2.05) is 0 Å². The van der Waals surface area contributed by atoms with Gasteiger partial charge < -0.3 is 14.2 Å². The molecule has 1 unspecified atom stereocenters. The van der Waals surface area contributed by atoms with Crippen molar-refractivity contribution < 1.29 is 28.6 Å². The summed E-state index contributed by atoms with van der Waals surface area (Å²) in [6, 6.07) is 12.9. The minimum Gasteiger partial charge on any atom is -0.494 e. The molecule has 0 amide bonds. The predicted molar refractivity (Wildman–Crippen MR) is 141 cm³/mol. The molecule has 0 N–H and O–H groups in total. The van der Waals surface area contributed by atoms with Gasteiger partial charge in [-0.1, -0.05) is 58.8 Å². The molecule has 0 aliphatic carbocycles. The van der Waals surface area contributed by atoms with Crippen LogP contribution in [-0.2, 0) is 9.53 Å². The molecular weight excluding hydrogens is 456 g/mol. The first-order valence-electron chi connectivity index (χ1n) is 13.2. The van der Waals surface area contributed by atoms with E-state index >= 15 is 0 Å². The number of hydrogen-bond acceptors (Lipinski definition) is 6. The van der Waals surface area contributed by atoms with Crippen molar-refractivity contribution in [1.29, 1.82) is 0 Å². The van der Waals surface area contributed by atoms with Crippen LogP contribution in [0.2, 0.25) is 0 Å². The molecule has 2 rings (SSSR count). The van der Waals surface area contributed by atoms with Crippen LogP contribution in [0.5, 0.6) is 11.5 Å². The second-order valence-corrected chi connectivity index (χ2v) is 9.03. The van der Waals surface area contributed by atoms with Gasteiger partial charge in [0.15, 0.2) is 11.9 Å². The Kier molecular flexibility index (Phi) is 13.3. The van der Waals surface area contributed by atoms with Crippen LogP contribution in [0.1, 0.15) is 106 Å². The molecule has 0 aliphatic rings. The van der Waals surface area contributed by atoms with E-state index in [9.17, 15) is 14.4 Å². The van der Waals surface area contributed by atoms with E-state index in [1.165, 1.54) is 43.5 Å². The number of carbonyl (C=O) groups is 3. The van der Waals surface area contributed by atoms with E-state index < -0.39 is 18.0 Å². The number of carbonyl (C=O) groups excluding carboxylic acids is 3. The maximum absolute atomic E-state index is 12.5. The van der Waals surface area contributed by atoms with Gasteiger partial charge in [0.25, 0.3) is 0 Å². The van der Waals surface area contributed by atoms with E-state index in [2.05, 4.69) is 13.8 Å². The minimum absolute atomic E-state index is 0.0756. The summed E-state index contributed by atoms with van der Waals surface area (Å²) in [4.78, 5) is 37.0. The van der Waals surface area contributed by atoms with E-state index in [0.717, 1.165) is 44.3 Å². The lowest BCUT2D eigenvalue weighted by Gasteiger charge is -2.12. The van der Waals surface area contributed by atoms with Crippen molar-refractivity contribution >= 4 is 17.7 Å². The molecular formula is C30H40O6. The van der Waals surface area contributed by atoms with E-state index in [4.69, 9.17) is 14.2 Å². The van der Waals surface area contributed by atoms with Gasteiger partial charge in [-0.15, -0.1) is 0 Å². The Morgan fingerprint density at radius 3 is 1.81 bits per heavy atom. The first kappa shape index (κ1) is 29.1. The van der Waals surface area contributed by atoms with Crippen LogP contribution in [0.15, 0.2) is 48.5 Å². The van der Waals surface area contributed by atoms with Crippen LogP contribution in [0, 0.1) is 0 Å². The molecule has 6 nitrogen and oxygen atoms in total. The standard InChI is InChI=1S/C30H40O6/c1-4-6-8-10-12-22-34-26-18-14-25(15-19-26)30(33)36-27-20-16-24(17-21-27)29(32)35-23(3)28(31)13-11-9-7-5-2/h14-21,23H,4-13,22H2,1-3H3. The van der Waals surface area contributed by atoms with Crippen molar-refractivity contribution in [2.24, 2.45) is 0 Å². The molecule has 0 bridgehead atoms. The monoisotopic (exact) mass is 496 g/mol. The number of unbranched alkanes of at least 4 members (excludes halogenated alkanes) is 7. The zero-order chi connectivity index (χ0) is 26.2. The molecule has 0 spiro atoms. The fourth-order valence-electron chi connectivity index (χ4n) is 3.63. The van der Waals surface area contributed by atoms with Crippen LogP contribution >= 0.6 is 0 Å². The van der Waals surface area contributed by atoms with Gasteiger partial charge in [0.1, 0.15) is 11.5 Å². The summed E-state index contributed by atoms with van der Waals surface area (Å²) < 4.78 is 16.4. The zero-order valence-electron chi connectivity index (χ0n) is 21.9. The molecule has 0 saturated heterocycles. The van der Waals surface area contributed by atoms with Crippen molar-refractivity contribution in [2.45, 2.75) is 91.1 Å². The summed E-state index contributed by atoms with van der Waals surface area (Å²) >= 11 is 0. The first-order chi connectivity index (χ1) is 17.4. The lowest BCUT2D eigenvalue weighted by Crippen LogP contribution is -2.24. The van der Waals surface area contributed by atoms with Crippen LogP contribution in [0.3, 0.4) is 0 Å². The summed E-state index contributed by atoms with van der Waals surface area (Å²) in [6.45, 7) is 6.56. The fraction of sp³-hybridized carbons (Fsp3) is 0.500. The minimum atomic E-state index is -0.787. The number of esters is 2. The second-order valence-electron chi connectivity index (χ2n) is 9.03. The highest BCUT2D eigenvalue weighted by Crippen LogP contribution is 2.18. The summed E-state index contributed by atoms with van der Waals surface area (Å²) in [5, 5.41) is 0. The van der Waals surface area contributed by atoms with Gasteiger partial charge in [0.2, 0.25) is 0 Å². The smallest absolute Gasteiger partial charge is 0.343 e. The number of benzene rings is 2. The highest BCUT2D eigenvalue weighted by atomic mass is 16.5. The Bertz CT molecular complexity index is 933. The molecule has 0 aromatic heterocycles. The quantitative estimate of drug-likeness (QED) is 0.129. The fourth-order valence-corrected chi connectivity index (χ4v) is 3.63. The third-order valence-electron chi connectivity index (χ3n) is 5.92. The van der Waals surface area contributed by atoms with Crippen molar-refractivity contribution in [3.05, 3.63) is 59.7 Å². The van der Waals surface area contributed by atoms with Gasteiger partial charge in [-0.2, -0.15) is 0 Å². The van der Waals surface area contributed by atoms with E-state index in [1.54, 1.807) is 31.2 Å². The maximum atomic E-state index is 12.5. The Hall–Kier alpha value is -3.15. The Balaban J connectivity index is 1.78. The summed E-state index contributed by atoms with van der Waals surface area (Å²) in [5.74, 6) is -0.127.